The Balaban J connectivity index is 0.000000801. The smallest absolute Gasteiger partial charge is 0.414 e. The van der Waals surface area contributed by atoms with E-state index >= 15 is 0 Å². The number of unbranched alkanes of at least 4 members (excludes halogenated alkanes) is 1. The maximum atomic E-state index is 13.0. The lowest BCUT2D eigenvalue weighted by Gasteiger charge is -2.31. The summed E-state index contributed by atoms with van der Waals surface area (Å²) in [6.07, 6.45) is 3.02. The molecule has 44 heavy (non-hydrogen) atoms. The molecule has 0 fully saturated rings. The van der Waals surface area contributed by atoms with E-state index in [1.807, 2.05) is 55.6 Å². The summed E-state index contributed by atoms with van der Waals surface area (Å²) in [6.45, 7) is 4.76. The SMILES string of the molecule is COc1ccc(CCN(C)CCCCOc2ccc(C3Sc4cc(C)ccc4N(C)C3=O)cc2)cc1OC.O=C(O)C(=O)O. The highest BCUT2D eigenvalue weighted by molar-refractivity contribution is 8.00. The topological polar surface area (TPSA) is 126 Å². The first kappa shape index (κ1) is 34.3. The number of aliphatic carboxylic acids is 2. The van der Waals surface area contributed by atoms with E-state index in [0.717, 1.165) is 65.7 Å². The van der Waals surface area contributed by atoms with E-state index in [1.165, 1.54) is 11.1 Å². The minimum absolute atomic E-state index is 0.107. The van der Waals surface area contributed by atoms with Crippen LogP contribution < -0.4 is 19.1 Å². The van der Waals surface area contributed by atoms with Crippen LogP contribution in [0, 0.1) is 6.92 Å². The molecule has 0 aliphatic carbocycles. The van der Waals surface area contributed by atoms with Gasteiger partial charge in [0.2, 0.25) is 5.91 Å². The number of nitrogens with zero attached hydrogens (tertiary/aromatic N) is 2. The third kappa shape index (κ3) is 9.65. The van der Waals surface area contributed by atoms with E-state index < -0.39 is 11.9 Å². The molecule has 1 unspecified atom stereocenters. The molecule has 1 amide bonds. The highest BCUT2D eigenvalue weighted by Gasteiger charge is 2.32. The fourth-order valence-electron chi connectivity index (χ4n) is 4.56. The van der Waals surface area contributed by atoms with E-state index in [2.05, 4.69) is 31.0 Å². The van der Waals surface area contributed by atoms with Crippen molar-refractivity contribution in [1.82, 2.24) is 4.90 Å². The highest BCUT2D eigenvalue weighted by atomic mass is 32.2. The number of rotatable bonds is 12. The van der Waals surface area contributed by atoms with Crippen LogP contribution in [0.5, 0.6) is 17.2 Å². The van der Waals surface area contributed by atoms with Gasteiger partial charge in [-0.05, 0) is 92.9 Å². The summed E-state index contributed by atoms with van der Waals surface area (Å²) < 4.78 is 16.7. The number of likely N-dealkylation sites (N-methyl/N-ethyl adjacent to an activating group) is 2. The van der Waals surface area contributed by atoms with Gasteiger partial charge in [0, 0.05) is 18.5 Å². The molecule has 1 heterocycles. The zero-order valence-corrected chi connectivity index (χ0v) is 26.6. The number of ether oxygens (including phenoxy) is 3. The fourth-order valence-corrected chi connectivity index (χ4v) is 5.94. The van der Waals surface area contributed by atoms with Gasteiger partial charge in [-0.2, -0.15) is 0 Å². The average molecular weight is 625 g/mol. The Kier molecular flexibility index (Phi) is 12.9. The largest absolute Gasteiger partial charge is 0.494 e. The normalized spacial score (nSPS) is 13.9. The monoisotopic (exact) mass is 624 g/mol. The molecule has 1 aliphatic rings. The van der Waals surface area contributed by atoms with E-state index in [4.69, 9.17) is 34.0 Å². The Bertz CT molecular complexity index is 1420. The van der Waals surface area contributed by atoms with Gasteiger partial charge in [-0.25, -0.2) is 9.59 Å². The third-order valence-corrected chi connectivity index (χ3v) is 8.37. The third-order valence-electron chi connectivity index (χ3n) is 7.08. The number of anilines is 1. The van der Waals surface area contributed by atoms with Crippen LogP contribution in [0.25, 0.3) is 0 Å². The molecule has 2 N–H and O–H groups in total. The standard InChI is InChI=1S/C31H38N2O4S.C2H2O4/c1-22-8-14-26-29(20-22)38-30(31(34)33(26)3)24-10-12-25(13-11-24)37-19-7-6-17-32(2)18-16-23-9-15-27(35-4)28(21-23)36-5;3-1(4)2(5)6/h8-15,20-21,30H,6-7,16-19H2,1-5H3;(H,3,4)(H,5,6). The lowest BCUT2D eigenvalue weighted by Crippen LogP contribution is -2.33. The molecule has 3 aromatic carbocycles. The number of methoxy groups -OCH3 is 2. The van der Waals surface area contributed by atoms with Gasteiger partial charge in [-0.1, -0.05) is 24.3 Å². The summed E-state index contributed by atoms with van der Waals surface area (Å²) in [7, 11) is 7.33. The summed E-state index contributed by atoms with van der Waals surface area (Å²) in [4.78, 5) is 36.5. The van der Waals surface area contributed by atoms with Crippen LogP contribution in [0.4, 0.5) is 5.69 Å². The molecular weight excluding hydrogens is 584 g/mol. The molecule has 0 spiro atoms. The van der Waals surface area contributed by atoms with Crippen molar-refractivity contribution in [3.8, 4) is 17.2 Å². The number of carboxylic acid groups (broad SMARTS) is 2. The molecule has 0 aromatic heterocycles. The summed E-state index contributed by atoms with van der Waals surface area (Å²) in [6, 6.07) is 20.3. The van der Waals surface area contributed by atoms with E-state index in [9.17, 15) is 4.79 Å². The number of thioether (sulfide) groups is 1. The molecule has 0 bridgehead atoms. The van der Waals surface area contributed by atoms with Crippen molar-refractivity contribution in [2.45, 2.75) is 36.3 Å². The van der Waals surface area contributed by atoms with Crippen molar-refractivity contribution in [2.24, 2.45) is 0 Å². The molecule has 4 rings (SSSR count). The second-order valence-corrected chi connectivity index (χ2v) is 11.5. The number of amides is 1. The van der Waals surface area contributed by atoms with Crippen molar-refractivity contribution in [1.29, 1.82) is 0 Å². The first-order valence-electron chi connectivity index (χ1n) is 14.2. The summed E-state index contributed by atoms with van der Waals surface area (Å²) >= 11 is 1.63. The van der Waals surface area contributed by atoms with Gasteiger partial charge < -0.3 is 34.2 Å². The molecule has 0 saturated carbocycles. The van der Waals surface area contributed by atoms with Gasteiger partial charge in [0.25, 0.3) is 0 Å². The van der Waals surface area contributed by atoms with Crippen LogP contribution in [0.2, 0.25) is 0 Å². The van der Waals surface area contributed by atoms with E-state index in [-0.39, 0.29) is 11.2 Å². The van der Waals surface area contributed by atoms with Crippen molar-refractivity contribution < 1.29 is 38.8 Å². The Labute approximate surface area is 262 Å². The number of hydrogen-bond donors (Lipinski definition) is 2. The first-order valence-corrected chi connectivity index (χ1v) is 15.0. The van der Waals surface area contributed by atoms with Crippen LogP contribution in [-0.4, -0.2) is 81.0 Å². The number of carboxylic acids is 2. The van der Waals surface area contributed by atoms with Crippen LogP contribution >= 0.6 is 11.8 Å². The first-order chi connectivity index (χ1) is 21.0. The van der Waals surface area contributed by atoms with E-state index in [1.54, 1.807) is 30.9 Å². The van der Waals surface area contributed by atoms with Crippen molar-refractivity contribution in [2.75, 3.05) is 52.9 Å². The van der Waals surface area contributed by atoms with Gasteiger partial charge in [-0.3, -0.25) is 4.79 Å². The number of hydrogen-bond acceptors (Lipinski definition) is 8. The number of fused-ring (bicyclic) bond motifs is 1. The van der Waals surface area contributed by atoms with Gasteiger partial charge in [-0.15, -0.1) is 11.8 Å². The van der Waals surface area contributed by atoms with Crippen LogP contribution in [0.1, 0.15) is 34.8 Å². The van der Waals surface area contributed by atoms with Crippen molar-refractivity contribution in [3.05, 3.63) is 77.4 Å². The molecule has 1 aliphatic heterocycles. The van der Waals surface area contributed by atoms with Crippen LogP contribution in [0.3, 0.4) is 0 Å². The lowest BCUT2D eigenvalue weighted by molar-refractivity contribution is -0.159. The quantitative estimate of drug-likeness (QED) is 0.202. The Morgan fingerprint density at radius 2 is 1.59 bits per heavy atom. The van der Waals surface area contributed by atoms with Gasteiger partial charge in [0.15, 0.2) is 11.5 Å². The molecule has 11 heteroatoms. The second kappa shape index (κ2) is 16.6. The van der Waals surface area contributed by atoms with Gasteiger partial charge >= 0.3 is 11.9 Å². The molecule has 10 nitrogen and oxygen atoms in total. The highest BCUT2D eigenvalue weighted by Crippen LogP contribution is 2.46. The molecular formula is C33H40N2O8S. The summed E-state index contributed by atoms with van der Waals surface area (Å²) in [5.74, 6) is -1.17. The Morgan fingerprint density at radius 3 is 2.23 bits per heavy atom. The molecule has 1 atom stereocenters. The molecule has 3 aromatic rings. The van der Waals surface area contributed by atoms with Crippen LogP contribution in [0.15, 0.2) is 65.6 Å². The van der Waals surface area contributed by atoms with Gasteiger partial charge in [0.05, 0.1) is 26.5 Å². The molecule has 236 valence electrons. The predicted octanol–water partition coefficient (Wildman–Crippen LogP) is 5.31. The average Bonchev–Trinajstić information content (AvgIpc) is 3.02. The van der Waals surface area contributed by atoms with Crippen molar-refractivity contribution >= 4 is 35.3 Å². The minimum atomic E-state index is -1.82. The minimum Gasteiger partial charge on any atom is -0.494 e. The van der Waals surface area contributed by atoms with Crippen LogP contribution in [-0.2, 0) is 20.8 Å². The zero-order chi connectivity index (χ0) is 32.2. The Morgan fingerprint density at radius 1 is 0.909 bits per heavy atom. The zero-order valence-electron chi connectivity index (χ0n) is 25.7. The number of carbonyl (C=O) groups is 3. The number of carbonyl (C=O) groups excluding carboxylic acids is 1. The summed E-state index contributed by atoms with van der Waals surface area (Å²) in [5.41, 5.74) is 4.42. The second-order valence-electron chi connectivity index (χ2n) is 10.3. The Hall–Kier alpha value is -4.22. The summed E-state index contributed by atoms with van der Waals surface area (Å²) in [5, 5.41) is 14.5. The fraction of sp³-hybridized carbons (Fsp3) is 0.364. The maximum Gasteiger partial charge on any atom is 0.414 e. The number of benzene rings is 3. The lowest BCUT2D eigenvalue weighted by atomic mass is 10.1. The molecule has 0 saturated heterocycles. The van der Waals surface area contributed by atoms with Gasteiger partial charge in [0.1, 0.15) is 11.0 Å². The number of aryl methyl sites for hydroxylation is 1. The predicted molar refractivity (Wildman–Crippen MR) is 170 cm³/mol. The van der Waals surface area contributed by atoms with E-state index in [0.29, 0.717) is 6.61 Å². The van der Waals surface area contributed by atoms with Crippen molar-refractivity contribution in [3.63, 3.8) is 0 Å². The molecule has 0 radical (unpaired) electrons. The maximum absolute atomic E-state index is 13.0.